The number of carboxylic acids is 1. The number of hydrogen-bond donors (Lipinski definition) is 0. The number of aliphatic carboxylic acids is 1. The largest absolute Gasteiger partial charge is 0.548 e. The lowest BCUT2D eigenvalue weighted by molar-refractivity contribution is -0.307. The highest BCUT2D eigenvalue weighted by molar-refractivity contribution is 6.22. The quantitative estimate of drug-likeness (QED) is 0.349. The number of aliphatic imine (C=N–C) groups is 1. The lowest BCUT2D eigenvalue weighted by atomic mass is 9.95. The van der Waals surface area contributed by atoms with Crippen LogP contribution in [0.15, 0.2) is 59.6 Å². The molecule has 1 aliphatic rings. The fourth-order valence-electron chi connectivity index (χ4n) is 2.56. The molecule has 0 bridgehead atoms. The van der Waals surface area contributed by atoms with E-state index in [2.05, 4.69) is 4.99 Å². The van der Waals surface area contributed by atoms with Crippen molar-refractivity contribution in [1.82, 2.24) is 0 Å². The summed E-state index contributed by atoms with van der Waals surface area (Å²) in [5, 5.41) is 11.3. The van der Waals surface area contributed by atoms with Gasteiger partial charge in [-0.05, 0) is 17.7 Å². The van der Waals surface area contributed by atoms with Gasteiger partial charge in [0.1, 0.15) is 5.75 Å². The van der Waals surface area contributed by atoms with Gasteiger partial charge >= 0.3 is 5.97 Å². The van der Waals surface area contributed by atoms with Crippen LogP contribution in [-0.4, -0.2) is 30.0 Å². The van der Waals surface area contributed by atoms with Crippen molar-refractivity contribution in [2.45, 2.75) is 12.5 Å². The molecule has 0 spiro atoms. The van der Waals surface area contributed by atoms with Crippen molar-refractivity contribution in [3.63, 3.8) is 0 Å². The van der Waals surface area contributed by atoms with Gasteiger partial charge in [0.25, 0.3) is 0 Å². The van der Waals surface area contributed by atoms with Gasteiger partial charge in [-0.2, -0.15) is 0 Å². The van der Waals surface area contributed by atoms with Crippen LogP contribution in [0.2, 0.25) is 0 Å². The lowest BCUT2D eigenvalue weighted by Crippen LogP contribution is -2.38. The molecule has 0 aromatic heterocycles. The van der Waals surface area contributed by atoms with E-state index in [1.165, 1.54) is 6.07 Å². The number of ether oxygens (including phenoxy) is 1. The molecule has 6 nitrogen and oxygen atoms in total. The number of fused-ring (bicyclic) bond motifs is 1. The minimum atomic E-state index is -1.38. The summed E-state index contributed by atoms with van der Waals surface area (Å²) < 4.78 is 5.11. The van der Waals surface area contributed by atoms with E-state index in [0.717, 1.165) is 11.8 Å². The van der Waals surface area contributed by atoms with Crippen LogP contribution < -0.4 is 9.84 Å². The van der Waals surface area contributed by atoms with Crippen molar-refractivity contribution in [1.29, 1.82) is 0 Å². The van der Waals surface area contributed by atoms with Gasteiger partial charge in [0.05, 0.1) is 17.6 Å². The monoisotopic (exact) mass is 336 g/mol. The third-order valence-corrected chi connectivity index (χ3v) is 3.86. The first-order chi connectivity index (χ1) is 12.1. The van der Waals surface area contributed by atoms with Crippen LogP contribution >= 0.6 is 0 Å². The Bertz CT molecular complexity index is 844. The number of carboxylic acid groups (broad SMARTS) is 1. The average Bonchev–Trinajstić information content (AvgIpc) is 2.61. The highest BCUT2D eigenvalue weighted by Gasteiger charge is 2.35. The van der Waals surface area contributed by atoms with E-state index in [1.807, 2.05) is 6.07 Å². The van der Waals surface area contributed by atoms with Crippen molar-refractivity contribution in [3.8, 4) is 5.75 Å². The number of rotatable bonds is 5. The number of Topliss-reactive ketones (excluding diaryl/α,β-unsaturated/α-hetero) is 1. The number of carbonyl (C=O) groups is 3. The van der Waals surface area contributed by atoms with E-state index in [1.54, 1.807) is 42.5 Å². The fourth-order valence-corrected chi connectivity index (χ4v) is 2.56. The van der Waals surface area contributed by atoms with Crippen LogP contribution in [0.4, 0.5) is 0 Å². The molecule has 25 heavy (non-hydrogen) atoms. The molecule has 6 heteroatoms. The number of ketones is 1. The van der Waals surface area contributed by atoms with Gasteiger partial charge < -0.3 is 14.6 Å². The minimum Gasteiger partial charge on any atom is -0.548 e. The van der Waals surface area contributed by atoms with Gasteiger partial charge in [-0.1, -0.05) is 42.5 Å². The third kappa shape index (κ3) is 3.63. The van der Waals surface area contributed by atoms with Gasteiger partial charge in [-0.3, -0.25) is 14.6 Å². The lowest BCUT2D eigenvalue weighted by Gasteiger charge is -2.20. The number of benzene rings is 2. The van der Waals surface area contributed by atoms with Crippen LogP contribution in [0.1, 0.15) is 15.9 Å². The third-order valence-electron chi connectivity index (χ3n) is 3.86. The summed E-state index contributed by atoms with van der Waals surface area (Å²) in [4.78, 5) is 39.6. The zero-order valence-electron chi connectivity index (χ0n) is 13.1. The molecule has 3 rings (SSSR count). The molecular weight excluding hydrogens is 322 g/mol. The molecule has 0 saturated heterocycles. The standard InChI is InChI=1S/C19H15NO5/c21-17-13-8-4-5-9-16(13)25-19(24)14(17)11-20-15(18(22)23)10-12-6-2-1-3-7-12/h1-9,11,14-15H,10H2,(H,22,23)/p-1/t14?,15-/m1/s1. The first-order valence-electron chi connectivity index (χ1n) is 7.69. The van der Waals surface area contributed by atoms with E-state index in [0.29, 0.717) is 0 Å². The molecule has 2 aromatic rings. The van der Waals surface area contributed by atoms with Gasteiger partial charge in [-0.25, -0.2) is 0 Å². The maximum Gasteiger partial charge on any atom is 0.327 e. The van der Waals surface area contributed by atoms with Crippen LogP contribution in [0.5, 0.6) is 5.75 Å². The molecule has 1 heterocycles. The second kappa shape index (κ2) is 7.09. The number of esters is 1. The van der Waals surface area contributed by atoms with Crippen molar-refractivity contribution in [2.24, 2.45) is 10.9 Å². The summed E-state index contributed by atoms with van der Waals surface area (Å²) in [6, 6.07) is 14.1. The Labute approximate surface area is 143 Å². The highest BCUT2D eigenvalue weighted by Crippen LogP contribution is 2.27. The molecule has 1 unspecified atom stereocenters. The molecule has 0 aliphatic carbocycles. The summed E-state index contributed by atoms with van der Waals surface area (Å²) in [5.41, 5.74) is 1.03. The molecule has 0 N–H and O–H groups in total. The summed E-state index contributed by atoms with van der Waals surface area (Å²) in [5.74, 6) is -3.68. The first kappa shape index (κ1) is 16.6. The Kier molecular flexibility index (Phi) is 4.70. The molecule has 2 aromatic carbocycles. The molecule has 126 valence electrons. The molecule has 2 atom stereocenters. The van der Waals surface area contributed by atoms with E-state index < -0.39 is 29.7 Å². The molecular formula is C19H14NO5-. The normalized spacial score (nSPS) is 17.8. The Morgan fingerprint density at radius 3 is 2.52 bits per heavy atom. The van der Waals surface area contributed by atoms with E-state index in [-0.39, 0.29) is 17.7 Å². The Hall–Kier alpha value is -3.28. The van der Waals surface area contributed by atoms with Crippen LogP contribution in [0.3, 0.4) is 0 Å². The zero-order valence-corrected chi connectivity index (χ0v) is 13.1. The summed E-state index contributed by atoms with van der Waals surface area (Å²) >= 11 is 0. The maximum absolute atomic E-state index is 12.4. The fraction of sp³-hybridized carbons (Fsp3) is 0.158. The molecule has 0 radical (unpaired) electrons. The second-order valence-electron chi connectivity index (χ2n) is 5.58. The Balaban J connectivity index is 1.80. The molecule has 1 aliphatic heterocycles. The first-order valence-corrected chi connectivity index (χ1v) is 7.69. The van der Waals surface area contributed by atoms with Crippen molar-refractivity contribution in [3.05, 3.63) is 65.7 Å². The SMILES string of the molecule is O=C1Oc2ccccc2C(=O)C1C=N[C@H](Cc1ccccc1)C(=O)[O-]. The van der Waals surface area contributed by atoms with Crippen LogP contribution in [0.25, 0.3) is 0 Å². The molecule has 0 fully saturated rings. The van der Waals surface area contributed by atoms with Gasteiger partial charge in [0, 0.05) is 12.6 Å². The topological polar surface area (TPSA) is 95.9 Å². The van der Waals surface area contributed by atoms with Crippen molar-refractivity contribution in [2.75, 3.05) is 0 Å². The van der Waals surface area contributed by atoms with Crippen molar-refractivity contribution < 1.29 is 24.2 Å². The van der Waals surface area contributed by atoms with Gasteiger partial charge in [-0.15, -0.1) is 0 Å². The number of para-hydroxylation sites is 1. The van der Waals surface area contributed by atoms with E-state index >= 15 is 0 Å². The Morgan fingerprint density at radius 1 is 1.12 bits per heavy atom. The summed E-state index contributed by atoms with van der Waals surface area (Å²) in [7, 11) is 0. The van der Waals surface area contributed by atoms with Gasteiger partial charge in [0.15, 0.2) is 11.7 Å². The molecule has 0 amide bonds. The highest BCUT2D eigenvalue weighted by atomic mass is 16.5. The predicted octanol–water partition coefficient (Wildman–Crippen LogP) is 0.836. The zero-order chi connectivity index (χ0) is 17.8. The smallest absolute Gasteiger partial charge is 0.327 e. The summed E-state index contributed by atoms with van der Waals surface area (Å²) in [6.07, 6.45) is 1.15. The second-order valence-corrected chi connectivity index (χ2v) is 5.58. The average molecular weight is 336 g/mol. The van der Waals surface area contributed by atoms with E-state index in [9.17, 15) is 19.5 Å². The summed E-state index contributed by atoms with van der Waals surface area (Å²) in [6.45, 7) is 0. The van der Waals surface area contributed by atoms with Crippen LogP contribution in [-0.2, 0) is 16.0 Å². The van der Waals surface area contributed by atoms with Crippen molar-refractivity contribution >= 4 is 23.9 Å². The molecule has 0 saturated carbocycles. The van der Waals surface area contributed by atoms with Crippen LogP contribution in [0, 0.1) is 5.92 Å². The maximum atomic E-state index is 12.4. The Morgan fingerprint density at radius 2 is 1.80 bits per heavy atom. The van der Waals surface area contributed by atoms with Gasteiger partial charge in [0.2, 0.25) is 0 Å². The minimum absolute atomic E-state index is 0.103. The number of carbonyl (C=O) groups excluding carboxylic acids is 3. The predicted molar refractivity (Wildman–Crippen MR) is 87.3 cm³/mol. The van der Waals surface area contributed by atoms with E-state index in [4.69, 9.17) is 4.74 Å². The number of nitrogens with zero attached hydrogens (tertiary/aromatic N) is 1. The number of hydrogen-bond acceptors (Lipinski definition) is 6.